The Bertz CT molecular complexity index is 757. The first-order chi connectivity index (χ1) is 10.6. The predicted molar refractivity (Wildman–Crippen MR) is 78.9 cm³/mol. The summed E-state index contributed by atoms with van der Waals surface area (Å²) in [6, 6.07) is 0. The van der Waals surface area contributed by atoms with Crippen molar-refractivity contribution >= 4 is 33.9 Å². The summed E-state index contributed by atoms with van der Waals surface area (Å²) >= 11 is 1.11. The monoisotopic (exact) mass is 316 g/mol. The number of nitrogens with zero attached hydrogens (tertiary/aromatic N) is 3. The molecule has 7 nitrogen and oxygen atoms in total. The van der Waals surface area contributed by atoms with Gasteiger partial charge in [-0.05, 0) is 12.8 Å². The van der Waals surface area contributed by atoms with E-state index in [1.807, 2.05) is 0 Å². The molecule has 2 aromatic heterocycles. The van der Waals surface area contributed by atoms with E-state index in [0.717, 1.165) is 11.3 Å². The standard InChI is InChI=1S/C14H12N4O3S/c1-7(19)17-14-18-10-3-2-9(12(21)13(10)22-14)11(20)8-4-15-6-16-5-8/h4-6,9H,2-3H2,1H3,(H,17,18,19). The van der Waals surface area contributed by atoms with Crippen LogP contribution in [0.2, 0.25) is 0 Å². The normalized spacial score (nSPS) is 17.0. The average molecular weight is 316 g/mol. The van der Waals surface area contributed by atoms with Gasteiger partial charge in [-0.25, -0.2) is 15.0 Å². The molecule has 0 saturated carbocycles. The molecule has 0 aliphatic heterocycles. The first-order valence-corrected chi connectivity index (χ1v) is 7.48. The molecule has 112 valence electrons. The van der Waals surface area contributed by atoms with E-state index >= 15 is 0 Å². The third-order valence-corrected chi connectivity index (χ3v) is 4.38. The molecule has 0 saturated heterocycles. The van der Waals surface area contributed by atoms with Gasteiger partial charge in [0.15, 0.2) is 16.7 Å². The summed E-state index contributed by atoms with van der Waals surface area (Å²) in [6.07, 6.45) is 5.09. The number of anilines is 1. The molecule has 1 amide bonds. The van der Waals surface area contributed by atoms with Gasteiger partial charge in [-0.15, -0.1) is 0 Å². The second kappa shape index (κ2) is 5.72. The van der Waals surface area contributed by atoms with Crippen molar-refractivity contribution in [2.45, 2.75) is 19.8 Å². The number of aryl methyl sites for hydroxylation is 1. The lowest BCUT2D eigenvalue weighted by Crippen LogP contribution is -2.29. The summed E-state index contributed by atoms with van der Waals surface area (Å²) in [7, 11) is 0. The van der Waals surface area contributed by atoms with Gasteiger partial charge in [0, 0.05) is 19.3 Å². The Morgan fingerprint density at radius 2 is 2.05 bits per heavy atom. The van der Waals surface area contributed by atoms with Crippen molar-refractivity contribution in [3.05, 3.63) is 34.9 Å². The number of hydrogen-bond acceptors (Lipinski definition) is 7. The Labute approximate surface area is 129 Å². The molecule has 1 atom stereocenters. The number of hydrogen-bond donors (Lipinski definition) is 1. The molecule has 1 N–H and O–H groups in total. The zero-order valence-electron chi connectivity index (χ0n) is 11.7. The largest absolute Gasteiger partial charge is 0.302 e. The Kier molecular flexibility index (Phi) is 3.76. The molecule has 0 spiro atoms. The number of fused-ring (bicyclic) bond motifs is 1. The molecular formula is C14H12N4O3S. The summed E-state index contributed by atoms with van der Waals surface area (Å²) in [5, 5.41) is 2.96. The Balaban J connectivity index is 1.86. The summed E-state index contributed by atoms with van der Waals surface area (Å²) < 4.78 is 0. The molecule has 0 aromatic carbocycles. The highest BCUT2D eigenvalue weighted by molar-refractivity contribution is 7.17. The number of Topliss-reactive ketones (excluding diaryl/α,β-unsaturated/α-hetero) is 2. The summed E-state index contributed by atoms with van der Waals surface area (Å²) in [5.41, 5.74) is 0.975. The zero-order chi connectivity index (χ0) is 15.7. The minimum Gasteiger partial charge on any atom is -0.302 e. The molecule has 2 aromatic rings. The number of ketones is 2. The smallest absolute Gasteiger partial charge is 0.223 e. The van der Waals surface area contributed by atoms with Crippen molar-refractivity contribution < 1.29 is 14.4 Å². The van der Waals surface area contributed by atoms with E-state index in [4.69, 9.17) is 0 Å². The maximum atomic E-state index is 12.5. The molecule has 8 heteroatoms. The number of aromatic nitrogens is 3. The first-order valence-electron chi connectivity index (χ1n) is 6.67. The van der Waals surface area contributed by atoms with Crippen LogP contribution in [0, 0.1) is 5.92 Å². The van der Waals surface area contributed by atoms with Crippen LogP contribution in [-0.2, 0) is 11.2 Å². The van der Waals surface area contributed by atoms with Crippen molar-refractivity contribution in [1.29, 1.82) is 0 Å². The van der Waals surface area contributed by atoms with Gasteiger partial charge >= 0.3 is 0 Å². The van der Waals surface area contributed by atoms with Crippen LogP contribution in [0.3, 0.4) is 0 Å². The van der Waals surface area contributed by atoms with E-state index in [2.05, 4.69) is 20.3 Å². The minimum absolute atomic E-state index is 0.243. The fourth-order valence-corrected chi connectivity index (χ4v) is 3.42. The summed E-state index contributed by atoms with van der Waals surface area (Å²) in [5.74, 6) is -1.49. The van der Waals surface area contributed by atoms with Crippen molar-refractivity contribution in [2.24, 2.45) is 5.92 Å². The first kappa shape index (κ1) is 14.5. The number of carbonyl (C=O) groups excluding carboxylic acids is 3. The highest BCUT2D eigenvalue weighted by atomic mass is 32.1. The van der Waals surface area contributed by atoms with Crippen LogP contribution in [0.1, 0.15) is 39.1 Å². The topological polar surface area (TPSA) is 102 Å². The summed E-state index contributed by atoms with van der Waals surface area (Å²) in [6.45, 7) is 1.38. The van der Waals surface area contributed by atoms with E-state index in [1.165, 1.54) is 25.6 Å². The molecule has 1 aliphatic rings. The Morgan fingerprint density at radius 1 is 1.32 bits per heavy atom. The van der Waals surface area contributed by atoms with Gasteiger partial charge in [0.05, 0.1) is 22.1 Å². The highest BCUT2D eigenvalue weighted by Gasteiger charge is 2.36. The fourth-order valence-electron chi connectivity index (χ4n) is 2.37. The lowest BCUT2D eigenvalue weighted by molar-refractivity contribution is -0.114. The van der Waals surface area contributed by atoms with Gasteiger partial charge < -0.3 is 5.32 Å². The highest BCUT2D eigenvalue weighted by Crippen LogP contribution is 2.33. The van der Waals surface area contributed by atoms with Crippen LogP contribution in [0.25, 0.3) is 0 Å². The SMILES string of the molecule is CC(=O)Nc1nc2c(s1)C(=O)C(C(=O)c1cncnc1)CC2. The number of thiazole rings is 1. The predicted octanol–water partition coefficient (Wildman–Crippen LogP) is 1.52. The average Bonchev–Trinajstić information content (AvgIpc) is 2.90. The second-order valence-electron chi connectivity index (χ2n) is 4.92. The van der Waals surface area contributed by atoms with Crippen LogP contribution in [0.4, 0.5) is 5.13 Å². The molecule has 2 heterocycles. The number of rotatable bonds is 3. The zero-order valence-corrected chi connectivity index (χ0v) is 12.5. The number of nitrogens with one attached hydrogen (secondary N) is 1. The quantitative estimate of drug-likeness (QED) is 0.680. The van der Waals surface area contributed by atoms with E-state index in [-0.39, 0.29) is 17.5 Å². The Hall–Kier alpha value is -2.48. The van der Waals surface area contributed by atoms with E-state index in [1.54, 1.807) is 0 Å². The number of amides is 1. The lowest BCUT2D eigenvalue weighted by atomic mass is 9.85. The van der Waals surface area contributed by atoms with Crippen molar-refractivity contribution in [3.8, 4) is 0 Å². The number of carbonyl (C=O) groups is 3. The molecule has 22 heavy (non-hydrogen) atoms. The van der Waals surface area contributed by atoms with Gasteiger partial charge in [-0.1, -0.05) is 11.3 Å². The van der Waals surface area contributed by atoms with Crippen LogP contribution in [-0.4, -0.2) is 32.4 Å². The van der Waals surface area contributed by atoms with Crippen LogP contribution < -0.4 is 5.32 Å². The third-order valence-electron chi connectivity index (χ3n) is 3.35. The Morgan fingerprint density at radius 3 is 2.73 bits per heavy atom. The van der Waals surface area contributed by atoms with Gasteiger partial charge in [-0.3, -0.25) is 14.4 Å². The molecule has 0 fully saturated rings. The van der Waals surface area contributed by atoms with Crippen molar-refractivity contribution in [3.63, 3.8) is 0 Å². The maximum Gasteiger partial charge on any atom is 0.223 e. The van der Waals surface area contributed by atoms with E-state index in [0.29, 0.717) is 34.1 Å². The molecule has 3 rings (SSSR count). The molecule has 1 unspecified atom stereocenters. The van der Waals surface area contributed by atoms with Crippen molar-refractivity contribution in [1.82, 2.24) is 15.0 Å². The molecular weight excluding hydrogens is 304 g/mol. The van der Waals surface area contributed by atoms with Gasteiger partial charge in [0.25, 0.3) is 0 Å². The van der Waals surface area contributed by atoms with E-state index in [9.17, 15) is 14.4 Å². The molecule has 1 aliphatic carbocycles. The third kappa shape index (κ3) is 2.64. The van der Waals surface area contributed by atoms with Crippen molar-refractivity contribution in [2.75, 3.05) is 5.32 Å². The van der Waals surface area contributed by atoms with Gasteiger partial charge in [0.2, 0.25) is 5.91 Å². The lowest BCUT2D eigenvalue weighted by Gasteiger charge is -2.18. The fraction of sp³-hybridized carbons (Fsp3) is 0.286. The van der Waals surface area contributed by atoms with E-state index < -0.39 is 5.92 Å². The molecule has 0 bridgehead atoms. The minimum atomic E-state index is -0.732. The van der Waals surface area contributed by atoms with Crippen LogP contribution >= 0.6 is 11.3 Å². The second-order valence-corrected chi connectivity index (χ2v) is 5.92. The molecule has 0 radical (unpaired) electrons. The van der Waals surface area contributed by atoms with Gasteiger partial charge in [-0.2, -0.15) is 0 Å². The van der Waals surface area contributed by atoms with Crippen LogP contribution in [0.5, 0.6) is 0 Å². The summed E-state index contributed by atoms with van der Waals surface area (Å²) in [4.78, 5) is 48.3. The van der Waals surface area contributed by atoms with Gasteiger partial charge in [0.1, 0.15) is 6.33 Å². The maximum absolute atomic E-state index is 12.5. The van der Waals surface area contributed by atoms with Crippen LogP contribution in [0.15, 0.2) is 18.7 Å².